The molecule has 1 unspecified atom stereocenters. The van der Waals surface area contributed by atoms with Gasteiger partial charge in [-0.05, 0) is 18.4 Å². The van der Waals surface area contributed by atoms with Gasteiger partial charge in [0, 0.05) is 58.9 Å². The topological polar surface area (TPSA) is 82.8 Å². The third-order valence-corrected chi connectivity index (χ3v) is 5.96. The molecule has 0 saturated carbocycles. The third-order valence-electron chi connectivity index (χ3n) is 4.58. The average Bonchev–Trinajstić information content (AvgIpc) is 3.18. The molecule has 150 valence electrons. The second-order valence-corrected chi connectivity index (χ2v) is 8.44. The molecule has 1 saturated heterocycles. The maximum Gasteiger partial charge on any atom is 0.211 e. The van der Waals surface area contributed by atoms with E-state index in [0.29, 0.717) is 25.6 Å². The van der Waals surface area contributed by atoms with Crippen molar-refractivity contribution in [2.24, 2.45) is 12.0 Å². The Labute approximate surface area is 174 Å². The standard InChI is InChI=1S/C16H30N6O2S.HI/c1-5-22(25(4,23)24)9-6-8-18-16(17-2)21-10-7-14(13-21)15-11-19-20(3)12-15;/h11-12,14H,5-10,13H2,1-4H3,(H,17,18);1H. The van der Waals surface area contributed by atoms with E-state index in [1.807, 2.05) is 24.9 Å². The number of halogens is 1. The maximum absolute atomic E-state index is 11.6. The normalized spacial score (nSPS) is 18.3. The number of rotatable bonds is 7. The van der Waals surface area contributed by atoms with Crippen LogP contribution < -0.4 is 5.32 Å². The average molecular weight is 498 g/mol. The van der Waals surface area contributed by atoms with Gasteiger partial charge in [0.25, 0.3) is 0 Å². The molecule has 1 fully saturated rings. The minimum atomic E-state index is -3.12. The van der Waals surface area contributed by atoms with E-state index >= 15 is 0 Å². The second kappa shape index (κ2) is 10.5. The van der Waals surface area contributed by atoms with Crippen LogP contribution in [0.1, 0.15) is 31.2 Å². The first-order chi connectivity index (χ1) is 11.8. The second-order valence-electron chi connectivity index (χ2n) is 6.46. The Morgan fingerprint density at radius 3 is 2.77 bits per heavy atom. The van der Waals surface area contributed by atoms with Crippen LogP contribution in [0.25, 0.3) is 0 Å². The molecule has 0 spiro atoms. The number of likely N-dealkylation sites (tertiary alicyclic amines) is 1. The molecule has 1 aromatic heterocycles. The molecule has 0 aromatic carbocycles. The van der Waals surface area contributed by atoms with Crippen molar-refractivity contribution in [1.29, 1.82) is 0 Å². The minimum absolute atomic E-state index is 0. The number of aliphatic imine (C=N–C) groups is 1. The highest BCUT2D eigenvalue weighted by molar-refractivity contribution is 14.0. The van der Waals surface area contributed by atoms with Crippen molar-refractivity contribution in [3.05, 3.63) is 18.0 Å². The lowest BCUT2D eigenvalue weighted by Gasteiger charge is -2.22. The number of sulfonamides is 1. The Kier molecular flexibility index (Phi) is 9.31. The zero-order valence-corrected chi connectivity index (χ0v) is 19.2. The van der Waals surface area contributed by atoms with E-state index in [1.54, 1.807) is 7.05 Å². The summed E-state index contributed by atoms with van der Waals surface area (Å²) in [6.07, 6.45) is 7.11. The van der Waals surface area contributed by atoms with E-state index in [-0.39, 0.29) is 24.0 Å². The van der Waals surface area contributed by atoms with Gasteiger partial charge in [-0.15, -0.1) is 24.0 Å². The molecule has 8 nitrogen and oxygen atoms in total. The third kappa shape index (κ3) is 6.38. The highest BCUT2D eigenvalue weighted by Gasteiger charge is 2.26. The number of guanidine groups is 1. The fourth-order valence-electron chi connectivity index (χ4n) is 3.22. The number of nitrogens with one attached hydrogen (secondary N) is 1. The molecule has 10 heteroatoms. The Morgan fingerprint density at radius 1 is 1.50 bits per heavy atom. The summed E-state index contributed by atoms with van der Waals surface area (Å²) in [5, 5.41) is 7.61. The Balaban J connectivity index is 0.00000338. The van der Waals surface area contributed by atoms with Crippen molar-refractivity contribution in [3.8, 4) is 0 Å². The van der Waals surface area contributed by atoms with Gasteiger partial charge in [0.2, 0.25) is 10.0 Å². The Hall–Kier alpha value is -0.880. The Bertz CT molecular complexity index is 691. The van der Waals surface area contributed by atoms with Gasteiger partial charge in [-0.25, -0.2) is 12.7 Å². The lowest BCUT2D eigenvalue weighted by atomic mass is 10.0. The molecule has 0 aliphatic carbocycles. The van der Waals surface area contributed by atoms with Gasteiger partial charge < -0.3 is 10.2 Å². The summed E-state index contributed by atoms with van der Waals surface area (Å²) in [5.74, 6) is 1.36. The van der Waals surface area contributed by atoms with Crippen LogP contribution in [0.4, 0.5) is 0 Å². The lowest BCUT2D eigenvalue weighted by Crippen LogP contribution is -2.41. The SMILES string of the molecule is CCN(CCCNC(=NC)N1CCC(c2cnn(C)c2)C1)S(C)(=O)=O.I. The van der Waals surface area contributed by atoms with E-state index in [0.717, 1.165) is 31.9 Å². The number of aryl methyl sites for hydroxylation is 1. The van der Waals surface area contributed by atoms with E-state index in [2.05, 4.69) is 26.5 Å². The van der Waals surface area contributed by atoms with Crippen LogP contribution in [-0.4, -0.2) is 79.4 Å². The number of hydrogen-bond donors (Lipinski definition) is 1. The summed E-state index contributed by atoms with van der Waals surface area (Å²) >= 11 is 0. The Morgan fingerprint density at radius 2 is 2.23 bits per heavy atom. The first-order valence-electron chi connectivity index (χ1n) is 8.74. The summed E-state index contributed by atoms with van der Waals surface area (Å²) in [6, 6.07) is 0. The van der Waals surface area contributed by atoms with E-state index in [4.69, 9.17) is 0 Å². The molecular weight excluding hydrogens is 467 g/mol. The summed E-state index contributed by atoms with van der Waals surface area (Å²) in [4.78, 5) is 6.62. The molecule has 0 amide bonds. The first kappa shape index (κ1) is 23.2. The van der Waals surface area contributed by atoms with Gasteiger partial charge >= 0.3 is 0 Å². The molecule has 26 heavy (non-hydrogen) atoms. The summed E-state index contributed by atoms with van der Waals surface area (Å²) in [5.41, 5.74) is 1.27. The monoisotopic (exact) mass is 498 g/mol. The van der Waals surface area contributed by atoms with Crippen LogP contribution in [0.3, 0.4) is 0 Å². The van der Waals surface area contributed by atoms with Crippen molar-refractivity contribution in [2.45, 2.75) is 25.7 Å². The van der Waals surface area contributed by atoms with E-state index < -0.39 is 10.0 Å². The van der Waals surface area contributed by atoms with Crippen molar-refractivity contribution in [2.75, 3.05) is 46.0 Å². The molecule has 0 bridgehead atoms. The number of aromatic nitrogens is 2. The van der Waals surface area contributed by atoms with Crippen molar-refractivity contribution < 1.29 is 8.42 Å². The molecule has 1 aliphatic heterocycles. The molecule has 2 rings (SSSR count). The summed E-state index contributed by atoms with van der Waals surface area (Å²) in [6.45, 7) is 5.48. The molecule has 2 heterocycles. The predicted molar refractivity (Wildman–Crippen MR) is 116 cm³/mol. The zero-order valence-electron chi connectivity index (χ0n) is 16.1. The lowest BCUT2D eigenvalue weighted by molar-refractivity contribution is 0.420. The van der Waals surface area contributed by atoms with Gasteiger partial charge in [-0.1, -0.05) is 6.92 Å². The van der Waals surface area contributed by atoms with E-state index in [1.165, 1.54) is 16.1 Å². The van der Waals surface area contributed by atoms with Crippen molar-refractivity contribution >= 4 is 40.0 Å². The van der Waals surface area contributed by atoms with Crippen LogP contribution in [0, 0.1) is 0 Å². The van der Waals surface area contributed by atoms with Crippen LogP contribution in [0.2, 0.25) is 0 Å². The van der Waals surface area contributed by atoms with Crippen molar-refractivity contribution in [1.82, 2.24) is 24.3 Å². The molecule has 0 radical (unpaired) electrons. The van der Waals surface area contributed by atoms with E-state index in [9.17, 15) is 8.42 Å². The van der Waals surface area contributed by atoms with Crippen LogP contribution in [0.5, 0.6) is 0 Å². The maximum atomic E-state index is 11.6. The van der Waals surface area contributed by atoms with Crippen molar-refractivity contribution in [3.63, 3.8) is 0 Å². The van der Waals surface area contributed by atoms with Crippen LogP contribution in [-0.2, 0) is 17.1 Å². The summed E-state index contributed by atoms with van der Waals surface area (Å²) < 4.78 is 26.5. The fraction of sp³-hybridized carbons (Fsp3) is 0.750. The molecular formula is C16H31IN6O2S. The predicted octanol–water partition coefficient (Wildman–Crippen LogP) is 1.07. The fourth-order valence-corrected chi connectivity index (χ4v) is 4.15. The molecule has 1 atom stereocenters. The molecule has 1 N–H and O–H groups in total. The van der Waals surface area contributed by atoms with Gasteiger partial charge in [-0.2, -0.15) is 5.10 Å². The van der Waals surface area contributed by atoms with Crippen LogP contribution >= 0.6 is 24.0 Å². The number of nitrogens with zero attached hydrogens (tertiary/aromatic N) is 5. The number of hydrogen-bond acceptors (Lipinski definition) is 4. The quantitative estimate of drug-likeness (QED) is 0.263. The van der Waals surface area contributed by atoms with Gasteiger partial charge in [-0.3, -0.25) is 9.67 Å². The largest absolute Gasteiger partial charge is 0.356 e. The molecule has 1 aromatic rings. The summed E-state index contributed by atoms with van der Waals surface area (Å²) in [7, 11) is 0.608. The zero-order chi connectivity index (χ0) is 18.4. The highest BCUT2D eigenvalue weighted by atomic mass is 127. The smallest absolute Gasteiger partial charge is 0.211 e. The van der Waals surface area contributed by atoms with Gasteiger partial charge in [0.05, 0.1) is 12.5 Å². The minimum Gasteiger partial charge on any atom is -0.356 e. The van der Waals surface area contributed by atoms with Gasteiger partial charge in [0.1, 0.15) is 0 Å². The molecule has 1 aliphatic rings. The van der Waals surface area contributed by atoms with Crippen LogP contribution in [0.15, 0.2) is 17.4 Å². The van der Waals surface area contributed by atoms with Gasteiger partial charge in [0.15, 0.2) is 5.96 Å². The highest BCUT2D eigenvalue weighted by Crippen LogP contribution is 2.26. The first-order valence-corrected chi connectivity index (χ1v) is 10.6.